The zero-order valence-electron chi connectivity index (χ0n) is 15.9. The Morgan fingerprint density at radius 1 is 1.10 bits per heavy atom. The molecule has 3 aromatic rings. The van der Waals surface area contributed by atoms with Crippen molar-refractivity contribution in [1.82, 2.24) is 14.9 Å². The highest BCUT2D eigenvalue weighted by Gasteiger charge is 2.36. The topological polar surface area (TPSA) is 76.0 Å². The molecule has 0 saturated carbocycles. The quantitative estimate of drug-likeness (QED) is 0.714. The first-order valence-electron chi connectivity index (χ1n) is 9.42. The minimum Gasteiger partial charge on any atom is -0.368 e. The fraction of sp³-hybridized carbons (Fsp3) is 0.286. The van der Waals surface area contributed by atoms with Crippen LogP contribution in [0.1, 0.15) is 17.0 Å². The number of piperazine rings is 1. The number of nitriles is 1. The van der Waals surface area contributed by atoms with Crippen LogP contribution in [0.3, 0.4) is 0 Å². The van der Waals surface area contributed by atoms with Gasteiger partial charge in [-0.2, -0.15) is 18.4 Å². The molecule has 1 aliphatic rings. The zero-order valence-corrected chi connectivity index (χ0v) is 15.9. The minimum absolute atomic E-state index is 0.0176. The van der Waals surface area contributed by atoms with E-state index in [1.807, 2.05) is 11.0 Å². The number of para-hydroxylation sites is 1. The second-order valence-electron chi connectivity index (χ2n) is 7.13. The third kappa shape index (κ3) is 4.00. The highest BCUT2D eigenvalue weighted by Crippen LogP contribution is 2.37. The van der Waals surface area contributed by atoms with Gasteiger partial charge in [0.25, 0.3) is 5.56 Å². The number of rotatable bonds is 3. The zero-order chi connectivity index (χ0) is 21.3. The number of halogens is 3. The van der Waals surface area contributed by atoms with Crippen molar-refractivity contribution in [2.45, 2.75) is 12.7 Å². The number of hydrogen-bond acceptors (Lipinski definition) is 5. The van der Waals surface area contributed by atoms with Crippen LogP contribution in [0.2, 0.25) is 0 Å². The molecule has 0 atom stereocenters. The predicted octanol–water partition coefficient (Wildman–Crippen LogP) is 3.14. The summed E-state index contributed by atoms with van der Waals surface area (Å²) in [6, 6.07) is 12.5. The summed E-state index contributed by atoms with van der Waals surface area (Å²) in [6.07, 6.45) is -4.53. The number of anilines is 1. The third-order valence-electron chi connectivity index (χ3n) is 5.18. The SMILES string of the molecule is N#Cc1ccc(N2CCN(Cc3nc4ccccc4c(=O)[nH]3)CC2)c(C(F)(F)F)c1. The van der Waals surface area contributed by atoms with Crippen molar-refractivity contribution in [2.24, 2.45) is 0 Å². The van der Waals surface area contributed by atoms with Crippen molar-refractivity contribution >= 4 is 16.6 Å². The van der Waals surface area contributed by atoms with Gasteiger partial charge in [0, 0.05) is 31.9 Å². The van der Waals surface area contributed by atoms with Crippen LogP contribution in [0.5, 0.6) is 0 Å². The first kappa shape index (κ1) is 19.9. The molecule has 1 N–H and O–H groups in total. The summed E-state index contributed by atoms with van der Waals surface area (Å²) in [5, 5.41) is 9.44. The van der Waals surface area contributed by atoms with E-state index in [0.29, 0.717) is 49.5 Å². The molecule has 30 heavy (non-hydrogen) atoms. The Bertz CT molecular complexity index is 1170. The summed E-state index contributed by atoms with van der Waals surface area (Å²) in [5.74, 6) is 0.529. The molecule has 1 aromatic heterocycles. The number of alkyl halides is 3. The van der Waals surface area contributed by atoms with Crippen LogP contribution < -0.4 is 10.5 Å². The lowest BCUT2D eigenvalue weighted by molar-refractivity contribution is -0.137. The Morgan fingerprint density at radius 3 is 2.53 bits per heavy atom. The Hall–Kier alpha value is -3.38. The van der Waals surface area contributed by atoms with Gasteiger partial charge in [-0.05, 0) is 30.3 Å². The number of aromatic amines is 1. The van der Waals surface area contributed by atoms with Gasteiger partial charge in [0.15, 0.2) is 0 Å². The van der Waals surface area contributed by atoms with Crippen LogP contribution in [0.15, 0.2) is 47.3 Å². The monoisotopic (exact) mass is 413 g/mol. The average molecular weight is 413 g/mol. The Labute approximate surface area is 170 Å². The van der Waals surface area contributed by atoms with Gasteiger partial charge in [-0.1, -0.05) is 12.1 Å². The highest BCUT2D eigenvalue weighted by molar-refractivity contribution is 5.77. The third-order valence-corrected chi connectivity index (χ3v) is 5.18. The summed E-state index contributed by atoms with van der Waals surface area (Å²) < 4.78 is 40.4. The number of H-pyrrole nitrogens is 1. The first-order valence-corrected chi connectivity index (χ1v) is 9.42. The smallest absolute Gasteiger partial charge is 0.368 e. The van der Waals surface area contributed by atoms with Crippen LogP contribution in [0.25, 0.3) is 10.9 Å². The van der Waals surface area contributed by atoms with E-state index in [1.165, 1.54) is 12.1 Å². The van der Waals surface area contributed by atoms with E-state index in [9.17, 15) is 18.0 Å². The summed E-state index contributed by atoms with van der Waals surface area (Å²) >= 11 is 0. The molecule has 1 fully saturated rings. The molecule has 9 heteroatoms. The molecule has 4 rings (SSSR count). The molecule has 2 aromatic carbocycles. The highest BCUT2D eigenvalue weighted by atomic mass is 19.4. The molecule has 0 aliphatic carbocycles. The van der Waals surface area contributed by atoms with Crippen molar-refractivity contribution in [3.8, 4) is 6.07 Å². The first-order chi connectivity index (χ1) is 14.3. The van der Waals surface area contributed by atoms with Gasteiger partial charge in [0.05, 0.1) is 34.6 Å². The lowest BCUT2D eigenvalue weighted by Crippen LogP contribution is -2.46. The van der Waals surface area contributed by atoms with Crippen molar-refractivity contribution in [3.05, 3.63) is 69.8 Å². The number of benzene rings is 2. The van der Waals surface area contributed by atoms with E-state index < -0.39 is 11.7 Å². The standard InChI is InChI=1S/C21H18F3N5O/c22-21(23,24)16-11-14(12-25)5-6-18(16)29-9-7-28(8-10-29)13-19-26-17-4-2-1-3-15(17)20(30)27-19/h1-6,11H,7-10,13H2,(H,26,27,30). The van der Waals surface area contributed by atoms with Crippen LogP contribution in [0.4, 0.5) is 18.9 Å². The van der Waals surface area contributed by atoms with Gasteiger partial charge in [0.2, 0.25) is 0 Å². The van der Waals surface area contributed by atoms with E-state index in [0.717, 1.165) is 6.07 Å². The van der Waals surface area contributed by atoms with Crippen molar-refractivity contribution < 1.29 is 13.2 Å². The summed E-state index contributed by atoms with van der Waals surface area (Å²) in [5.41, 5.74) is -0.325. The lowest BCUT2D eigenvalue weighted by Gasteiger charge is -2.37. The molecular weight excluding hydrogens is 395 g/mol. The number of hydrogen-bond donors (Lipinski definition) is 1. The van der Waals surface area contributed by atoms with Gasteiger partial charge in [-0.3, -0.25) is 9.69 Å². The van der Waals surface area contributed by atoms with E-state index in [4.69, 9.17) is 5.26 Å². The molecule has 1 saturated heterocycles. The second kappa shape index (κ2) is 7.80. The summed E-state index contributed by atoms with van der Waals surface area (Å²) in [6.45, 7) is 2.24. The maximum Gasteiger partial charge on any atom is 0.418 e. The summed E-state index contributed by atoms with van der Waals surface area (Å²) in [4.78, 5) is 23.2. The Morgan fingerprint density at radius 2 is 1.83 bits per heavy atom. The number of fused-ring (bicyclic) bond motifs is 1. The molecule has 1 aliphatic heterocycles. The van der Waals surface area contributed by atoms with Crippen molar-refractivity contribution in [3.63, 3.8) is 0 Å². The molecule has 0 bridgehead atoms. The fourth-order valence-corrected chi connectivity index (χ4v) is 3.68. The van der Waals surface area contributed by atoms with Gasteiger partial charge >= 0.3 is 6.18 Å². The summed E-state index contributed by atoms with van der Waals surface area (Å²) in [7, 11) is 0. The molecule has 2 heterocycles. The molecule has 0 amide bonds. The fourth-order valence-electron chi connectivity index (χ4n) is 3.68. The van der Waals surface area contributed by atoms with E-state index in [1.54, 1.807) is 29.2 Å². The van der Waals surface area contributed by atoms with Crippen LogP contribution in [0, 0.1) is 11.3 Å². The molecule has 6 nitrogen and oxygen atoms in total. The molecule has 0 unspecified atom stereocenters. The largest absolute Gasteiger partial charge is 0.418 e. The van der Waals surface area contributed by atoms with Gasteiger partial charge in [-0.15, -0.1) is 0 Å². The normalized spacial score (nSPS) is 15.3. The predicted molar refractivity (Wildman–Crippen MR) is 106 cm³/mol. The number of aromatic nitrogens is 2. The second-order valence-corrected chi connectivity index (χ2v) is 7.13. The van der Waals surface area contributed by atoms with E-state index in [-0.39, 0.29) is 16.8 Å². The van der Waals surface area contributed by atoms with Crippen LogP contribution >= 0.6 is 0 Å². The maximum atomic E-state index is 13.5. The lowest BCUT2D eigenvalue weighted by atomic mass is 10.1. The molecule has 0 radical (unpaired) electrons. The van der Waals surface area contributed by atoms with Gasteiger partial charge in [-0.25, -0.2) is 4.98 Å². The van der Waals surface area contributed by atoms with E-state index in [2.05, 4.69) is 9.97 Å². The van der Waals surface area contributed by atoms with Crippen molar-refractivity contribution in [1.29, 1.82) is 5.26 Å². The molecular formula is C21H18F3N5O. The van der Waals surface area contributed by atoms with E-state index >= 15 is 0 Å². The van der Waals surface area contributed by atoms with Crippen LogP contribution in [-0.4, -0.2) is 41.0 Å². The Balaban J connectivity index is 1.49. The Kier molecular flexibility index (Phi) is 5.18. The van der Waals surface area contributed by atoms with Crippen molar-refractivity contribution in [2.75, 3.05) is 31.1 Å². The number of nitrogens with zero attached hydrogens (tertiary/aromatic N) is 4. The van der Waals surface area contributed by atoms with Gasteiger partial charge < -0.3 is 9.88 Å². The average Bonchev–Trinajstić information content (AvgIpc) is 2.73. The van der Waals surface area contributed by atoms with Crippen LogP contribution in [-0.2, 0) is 12.7 Å². The molecule has 0 spiro atoms. The number of nitrogens with one attached hydrogen (secondary N) is 1. The molecule has 154 valence electrons. The van der Waals surface area contributed by atoms with Gasteiger partial charge in [0.1, 0.15) is 5.82 Å². The minimum atomic E-state index is -4.53. The maximum absolute atomic E-state index is 13.5.